The number of aliphatic hydroxyl groups is 1. The van der Waals surface area contributed by atoms with Crippen LogP contribution < -0.4 is 0 Å². The lowest BCUT2D eigenvalue weighted by Gasteiger charge is -2.36. The van der Waals surface area contributed by atoms with E-state index in [0.29, 0.717) is 19.7 Å². The van der Waals surface area contributed by atoms with Gasteiger partial charge >= 0.3 is 0 Å². The van der Waals surface area contributed by atoms with E-state index in [-0.39, 0.29) is 12.0 Å². The molecule has 0 saturated carbocycles. The van der Waals surface area contributed by atoms with Gasteiger partial charge in [-0.05, 0) is 27.7 Å². The number of β-amino-alcohol motifs (C(OH)–C–C–N with tert-alkyl or cyclic N) is 1. The molecule has 1 aliphatic heterocycles. The fourth-order valence-electron chi connectivity index (χ4n) is 2.65. The van der Waals surface area contributed by atoms with Crippen LogP contribution >= 0.6 is 0 Å². The molecule has 130 valence electrons. The first-order chi connectivity index (χ1) is 10.5. The molecular weight excluding hydrogens is 282 g/mol. The zero-order valence-corrected chi connectivity index (χ0v) is 14.6. The molecule has 1 rings (SSSR count). The normalized spacial score (nSPS) is 18.6. The molecular formula is C16H33N3O3. The minimum Gasteiger partial charge on any atom is -0.389 e. The molecule has 6 heteroatoms. The second-order valence-electron chi connectivity index (χ2n) is 6.18. The van der Waals surface area contributed by atoms with Gasteiger partial charge in [0.1, 0.15) is 0 Å². The molecule has 22 heavy (non-hydrogen) atoms. The Labute approximate surface area is 135 Å². The zero-order chi connectivity index (χ0) is 16.5. The first-order valence-electron chi connectivity index (χ1n) is 8.48. The quantitative estimate of drug-likeness (QED) is 0.661. The van der Waals surface area contributed by atoms with E-state index in [1.54, 1.807) is 0 Å². The molecule has 1 heterocycles. The average Bonchev–Trinajstić information content (AvgIpc) is 2.48. The number of aliphatic hydroxyl groups excluding tert-OH is 1. The highest BCUT2D eigenvalue weighted by Gasteiger charge is 2.22. The molecule has 0 bridgehead atoms. The predicted molar refractivity (Wildman–Crippen MR) is 87.9 cm³/mol. The Morgan fingerprint density at radius 2 is 1.68 bits per heavy atom. The van der Waals surface area contributed by atoms with E-state index in [1.807, 2.05) is 32.6 Å². The van der Waals surface area contributed by atoms with Gasteiger partial charge in [0.05, 0.1) is 25.4 Å². The summed E-state index contributed by atoms with van der Waals surface area (Å²) in [7, 11) is 0. The number of carbonyl (C=O) groups is 1. The standard InChI is InChI=1S/C16H33N3O3/c1-5-19(6-2)16(21)12-18-9-7-17(8-10-18)11-15(20)13-22-14(3)4/h14-15,20H,5-13H2,1-4H3. The minimum atomic E-state index is -0.439. The molecule has 0 spiro atoms. The van der Waals surface area contributed by atoms with Crippen molar-refractivity contribution in [3.8, 4) is 0 Å². The summed E-state index contributed by atoms with van der Waals surface area (Å²) in [5.41, 5.74) is 0. The van der Waals surface area contributed by atoms with Crippen molar-refractivity contribution in [3.05, 3.63) is 0 Å². The smallest absolute Gasteiger partial charge is 0.236 e. The van der Waals surface area contributed by atoms with Crippen LogP contribution in [0.3, 0.4) is 0 Å². The second-order valence-corrected chi connectivity index (χ2v) is 6.18. The van der Waals surface area contributed by atoms with Gasteiger partial charge in [-0.25, -0.2) is 0 Å². The van der Waals surface area contributed by atoms with E-state index < -0.39 is 6.10 Å². The van der Waals surface area contributed by atoms with Gasteiger partial charge in [0.15, 0.2) is 0 Å². The first-order valence-corrected chi connectivity index (χ1v) is 8.48. The average molecular weight is 315 g/mol. The van der Waals surface area contributed by atoms with Crippen LogP contribution in [-0.2, 0) is 9.53 Å². The van der Waals surface area contributed by atoms with Crippen LogP contribution in [0.15, 0.2) is 0 Å². The van der Waals surface area contributed by atoms with E-state index in [0.717, 1.165) is 39.3 Å². The molecule has 0 aromatic heterocycles. The number of likely N-dealkylation sites (N-methyl/N-ethyl adjacent to an activating group) is 1. The summed E-state index contributed by atoms with van der Waals surface area (Å²) < 4.78 is 5.43. The van der Waals surface area contributed by atoms with Crippen molar-refractivity contribution in [1.29, 1.82) is 0 Å². The van der Waals surface area contributed by atoms with Crippen LogP contribution in [0.5, 0.6) is 0 Å². The molecule has 1 aliphatic rings. The van der Waals surface area contributed by atoms with Crippen molar-refractivity contribution in [3.63, 3.8) is 0 Å². The SMILES string of the molecule is CCN(CC)C(=O)CN1CCN(CC(O)COC(C)C)CC1. The van der Waals surface area contributed by atoms with Gasteiger partial charge in [-0.2, -0.15) is 0 Å². The fourth-order valence-corrected chi connectivity index (χ4v) is 2.65. The van der Waals surface area contributed by atoms with Crippen molar-refractivity contribution < 1.29 is 14.6 Å². The molecule has 6 nitrogen and oxygen atoms in total. The number of carbonyl (C=O) groups excluding carboxylic acids is 1. The number of amides is 1. The number of rotatable bonds is 9. The van der Waals surface area contributed by atoms with Crippen molar-refractivity contribution >= 4 is 5.91 Å². The number of hydrogen-bond acceptors (Lipinski definition) is 5. The van der Waals surface area contributed by atoms with Gasteiger partial charge in [-0.15, -0.1) is 0 Å². The fraction of sp³-hybridized carbons (Fsp3) is 0.938. The largest absolute Gasteiger partial charge is 0.389 e. The first kappa shape index (κ1) is 19.4. The van der Waals surface area contributed by atoms with Crippen molar-refractivity contribution in [1.82, 2.24) is 14.7 Å². The number of hydrogen-bond donors (Lipinski definition) is 1. The third-order valence-corrected chi connectivity index (χ3v) is 4.03. The lowest BCUT2D eigenvalue weighted by atomic mass is 10.2. The maximum absolute atomic E-state index is 12.1. The summed E-state index contributed by atoms with van der Waals surface area (Å²) in [6, 6.07) is 0. The highest BCUT2D eigenvalue weighted by Crippen LogP contribution is 2.04. The van der Waals surface area contributed by atoms with Crippen molar-refractivity contribution in [2.45, 2.75) is 39.9 Å². The molecule has 0 aromatic carbocycles. The van der Waals surface area contributed by atoms with E-state index in [4.69, 9.17) is 4.74 Å². The van der Waals surface area contributed by atoms with Gasteiger partial charge in [0, 0.05) is 45.8 Å². The third-order valence-electron chi connectivity index (χ3n) is 4.03. The minimum absolute atomic E-state index is 0.151. The summed E-state index contributed by atoms with van der Waals surface area (Å²) in [5, 5.41) is 9.96. The molecule has 1 atom stereocenters. The highest BCUT2D eigenvalue weighted by molar-refractivity contribution is 5.78. The number of ether oxygens (including phenoxy) is 1. The lowest BCUT2D eigenvalue weighted by Crippen LogP contribution is -2.51. The number of nitrogens with zero attached hydrogens (tertiary/aromatic N) is 3. The van der Waals surface area contributed by atoms with E-state index in [9.17, 15) is 9.90 Å². The van der Waals surface area contributed by atoms with Crippen molar-refractivity contribution in [2.75, 3.05) is 59.0 Å². The Morgan fingerprint density at radius 1 is 1.14 bits per heavy atom. The van der Waals surface area contributed by atoms with Crippen LogP contribution in [-0.4, -0.2) is 96.9 Å². The maximum atomic E-state index is 12.1. The van der Waals surface area contributed by atoms with Crippen LogP contribution in [0.4, 0.5) is 0 Å². The lowest BCUT2D eigenvalue weighted by molar-refractivity contribution is -0.132. The molecule has 1 amide bonds. The van der Waals surface area contributed by atoms with Gasteiger partial charge in [0.2, 0.25) is 5.91 Å². The Balaban J connectivity index is 2.24. The van der Waals surface area contributed by atoms with E-state index in [2.05, 4.69) is 9.80 Å². The summed E-state index contributed by atoms with van der Waals surface area (Å²) in [5.74, 6) is 0.212. The summed E-state index contributed by atoms with van der Waals surface area (Å²) in [6.45, 7) is 14.6. The van der Waals surface area contributed by atoms with Crippen molar-refractivity contribution in [2.24, 2.45) is 0 Å². The Morgan fingerprint density at radius 3 is 2.18 bits per heavy atom. The van der Waals surface area contributed by atoms with Gasteiger partial charge in [-0.3, -0.25) is 14.6 Å². The highest BCUT2D eigenvalue weighted by atomic mass is 16.5. The molecule has 0 aromatic rings. The number of piperazine rings is 1. The summed E-state index contributed by atoms with van der Waals surface area (Å²) >= 11 is 0. The maximum Gasteiger partial charge on any atom is 0.236 e. The summed E-state index contributed by atoms with van der Waals surface area (Å²) in [6.07, 6.45) is -0.288. The molecule has 0 aliphatic carbocycles. The monoisotopic (exact) mass is 315 g/mol. The van der Waals surface area contributed by atoms with Crippen LogP contribution in [0.25, 0.3) is 0 Å². The molecule has 1 saturated heterocycles. The van der Waals surface area contributed by atoms with Gasteiger partial charge in [0.25, 0.3) is 0 Å². The van der Waals surface area contributed by atoms with E-state index in [1.165, 1.54) is 0 Å². The van der Waals surface area contributed by atoms with Gasteiger partial charge < -0.3 is 14.7 Å². The third kappa shape index (κ3) is 7.05. The Hall–Kier alpha value is -0.690. The zero-order valence-electron chi connectivity index (χ0n) is 14.6. The predicted octanol–water partition coefficient (Wildman–Crippen LogP) is 0.258. The van der Waals surface area contributed by atoms with Crippen LogP contribution in [0.1, 0.15) is 27.7 Å². The molecule has 1 unspecified atom stereocenters. The molecule has 1 fully saturated rings. The molecule has 0 radical (unpaired) electrons. The Kier molecular flexibility index (Phi) is 8.93. The van der Waals surface area contributed by atoms with E-state index >= 15 is 0 Å². The Bertz CT molecular complexity index is 314. The van der Waals surface area contributed by atoms with Crippen LogP contribution in [0, 0.1) is 0 Å². The molecule has 1 N–H and O–H groups in total. The summed E-state index contributed by atoms with van der Waals surface area (Å²) in [4.78, 5) is 18.4. The second kappa shape index (κ2) is 10.2. The van der Waals surface area contributed by atoms with Gasteiger partial charge in [-0.1, -0.05) is 0 Å². The van der Waals surface area contributed by atoms with Crippen LogP contribution in [0.2, 0.25) is 0 Å². The topological polar surface area (TPSA) is 56.3 Å².